The van der Waals surface area contributed by atoms with Crippen LogP contribution in [0, 0.1) is 0 Å². The van der Waals surface area contributed by atoms with E-state index in [1.165, 1.54) is 0 Å². The summed E-state index contributed by atoms with van der Waals surface area (Å²) in [5.74, 6) is 2.58. The molecule has 9 rings (SSSR count). The van der Waals surface area contributed by atoms with Crippen LogP contribution in [0.25, 0.3) is 78.7 Å². The Bertz CT molecular complexity index is 2680. The van der Waals surface area contributed by atoms with Crippen LogP contribution < -0.4 is 4.74 Å². The van der Waals surface area contributed by atoms with Crippen molar-refractivity contribution in [1.82, 2.24) is 15.0 Å². The van der Waals surface area contributed by atoms with Crippen LogP contribution in [0.2, 0.25) is 0 Å². The van der Waals surface area contributed by atoms with Crippen LogP contribution >= 0.6 is 0 Å². The molecule has 0 saturated heterocycles. The van der Waals surface area contributed by atoms with Crippen LogP contribution in [-0.4, -0.2) is 21.6 Å². The first-order valence-electron chi connectivity index (χ1n) is 18.7. The van der Waals surface area contributed by atoms with Gasteiger partial charge in [0, 0.05) is 27.8 Å². The molecule has 1 aliphatic rings. The highest BCUT2D eigenvalue weighted by Gasteiger charge is 2.19. The Morgan fingerprint density at radius 1 is 0.393 bits per heavy atom. The SMILES string of the molecule is C=C1/C=C\C=C(\c2ccccc2)COc2c1cccc2-c1cc(-c2cccc(-c3ccccc3)c2)cc(-c2nc(-c3ccccc3)nc(-c3ccccc3)n2)c1. The predicted molar refractivity (Wildman–Crippen MR) is 231 cm³/mol. The van der Waals surface area contributed by atoms with Gasteiger partial charge in [0.25, 0.3) is 0 Å². The van der Waals surface area contributed by atoms with E-state index in [9.17, 15) is 0 Å². The summed E-state index contributed by atoms with van der Waals surface area (Å²) in [7, 11) is 0. The van der Waals surface area contributed by atoms with Gasteiger partial charge in [0.2, 0.25) is 0 Å². The molecule has 8 aromatic rings. The van der Waals surface area contributed by atoms with Crippen LogP contribution in [0.5, 0.6) is 5.75 Å². The maximum atomic E-state index is 6.84. The van der Waals surface area contributed by atoms with Gasteiger partial charge in [0.1, 0.15) is 12.4 Å². The summed E-state index contributed by atoms with van der Waals surface area (Å²) in [6.45, 7) is 4.85. The summed E-state index contributed by atoms with van der Waals surface area (Å²) >= 11 is 0. The van der Waals surface area contributed by atoms with E-state index in [4.69, 9.17) is 19.7 Å². The van der Waals surface area contributed by atoms with Gasteiger partial charge in [-0.1, -0.05) is 183 Å². The van der Waals surface area contributed by atoms with Gasteiger partial charge in [0.05, 0.1) is 0 Å². The molecule has 0 radical (unpaired) electrons. The van der Waals surface area contributed by atoms with Gasteiger partial charge >= 0.3 is 0 Å². The van der Waals surface area contributed by atoms with Gasteiger partial charge < -0.3 is 4.74 Å². The fourth-order valence-corrected chi connectivity index (χ4v) is 7.10. The Morgan fingerprint density at radius 2 is 0.839 bits per heavy atom. The Kier molecular flexibility index (Phi) is 9.51. The zero-order chi connectivity index (χ0) is 37.7. The first kappa shape index (κ1) is 34.3. The minimum absolute atomic E-state index is 0.394. The summed E-state index contributed by atoms with van der Waals surface area (Å²) in [6, 6.07) is 62.6. The summed E-state index contributed by atoms with van der Waals surface area (Å²) < 4.78 is 6.84. The number of allylic oxidation sites excluding steroid dienone is 4. The van der Waals surface area contributed by atoms with E-state index in [1.54, 1.807) is 0 Å². The second-order valence-electron chi connectivity index (χ2n) is 13.7. The number of ether oxygens (including phenoxy) is 1. The minimum Gasteiger partial charge on any atom is -0.488 e. The number of hydrogen-bond acceptors (Lipinski definition) is 4. The monoisotopic (exact) mass is 719 g/mol. The minimum atomic E-state index is 0.394. The Labute approximate surface area is 327 Å². The Hall–Kier alpha value is -7.43. The second-order valence-corrected chi connectivity index (χ2v) is 13.7. The molecule has 4 heteroatoms. The molecule has 0 amide bonds. The zero-order valence-corrected chi connectivity index (χ0v) is 30.7. The number of hydrogen-bond donors (Lipinski definition) is 0. The van der Waals surface area contributed by atoms with Crippen molar-refractivity contribution in [2.24, 2.45) is 0 Å². The lowest BCUT2D eigenvalue weighted by Gasteiger charge is -2.19. The van der Waals surface area contributed by atoms with Crippen molar-refractivity contribution < 1.29 is 4.74 Å². The highest BCUT2D eigenvalue weighted by Crippen LogP contribution is 2.41. The van der Waals surface area contributed by atoms with Crippen LogP contribution in [-0.2, 0) is 0 Å². The standard InChI is InChI=1S/C52H37N3O/c1-36-17-14-28-43(38-20-8-3-9-21-38)35-56-49-47(36)29-16-30-48(49)45-32-44(42-27-15-26-41(31-42)37-18-6-2-7-19-37)33-46(34-45)52-54-50(39-22-10-4-11-23-39)53-51(55-52)40-24-12-5-13-25-40/h2-34H,1,35H2/b17-14-,43-28+. The van der Waals surface area contributed by atoms with E-state index in [-0.39, 0.29) is 0 Å². The summed E-state index contributed by atoms with van der Waals surface area (Å²) in [4.78, 5) is 15.2. The molecule has 0 unspecified atom stereocenters. The normalized spacial score (nSPS) is 13.9. The molecule has 56 heavy (non-hydrogen) atoms. The zero-order valence-electron chi connectivity index (χ0n) is 30.7. The van der Waals surface area contributed by atoms with Crippen LogP contribution in [0.1, 0.15) is 11.1 Å². The van der Waals surface area contributed by atoms with Crippen LogP contribution in [0.15, 0.2) is 207 Å². The van der Waals surface area contributed by atoms with Gasteiger partial charge in [0.15, 0.2) is 17.5 Å². The third kappa shape index (κ3) is 7.24. The molecule has 7 aromatic carbocycles. The van der Waals surface area contributed by atoms with E-state index in [0.29, 0.717) is 24.1 Å². The quantitative estimate of drug-likeness (QED) is 0.165. The van der Waals surface area contributed by atoms with Gasteiger partial charge in [-0.25, -0.2) is 15.0 Å². The molecular formula is C52H37N3O. The van der Waals surface area contributed by atoms with Crippen molar-refractivity contribution in [3.8, 4) is 73.3 Å². The first-order valence-corrected chi connectivity index (χ1v) is 18.7. The lowest BCUT2D eigenvalue weighted by atomic mass is 9.92. The molecule has 2 heterocycles. The third-order valence-corrected chi connectivity index (χ3v) is 9.98. The highest BCUT2D eigenvalue weighted by atomic mass is 16.5. The van der Waals surface area contributed by atoms with Gasteiger partial charge in [-0.2, -0.15) is 0 Å². The lowest BCUT2D eigenvalue weighted by molar-refractivity contribution is 0.370. The highest BCUT2D eigenvalue weighted by molar-refractivity contribution is 5.88. The fourth-order valence-electron chi connectivity index (χ4n) is 7.10. The van der Waals surface area contributed by atoms with Crippen molar-refractivity contribution in [2.45, 2.75) is 0 Å². The number of fused-ring (bicyclic) bond motifs is 1. The van der Waals surface area contributed by atoms with E-state index < -0.39 is 0 Å². The van der Waals surface area contributed by atoms with E-state index in [2.05, 4.69) is 134 Å². The summed E-state index contributed by atoms with van der Waals surface area (Å²) in [5, 5.41) is 0. The van der Waals surface area contributed by atoms with Gasteiger partial charge in [-0.05, 0) is 68.8 Å². The maximum absolute atomic E-state index is 6.84. The van der Waals surface area contributed by atoms with Crippen molar-refractivity contribution in [1.29, 1.82) is 0 Å². The third-order valence-electron chi connectivity index (χ3n) is 9.98. The molecular weight excluding hydrogens is 683 g/mol. The molecule has 0 bridgehead atoms. The first-order chi connectivity index (χ1) is 27.7. The molecule has 1 aliphatic heterocycles. The largest absolute Gasteiger partial charge is 0.488 e. The predicted octanol–water partition coefficient (Wildman–Crippen LogP) is 12.9. The average Bonchev–Trinajstić information content (AvgIpc) is 3.36. The smallest absolute Gasteiger partial charge is 0.164 e. The molecule has 0 atom stereocenters. The number of para-hydroxylation sites is 1. The maximum Gasteiger partial charge on any atom is 0.164 e. The second kappa shape index (κ2) is 15.5. The van der Waals surface area contributed by atoms with Crippen LogP contribution in [0.4, 0.5) is 0 Å². The Morgan fingerprint density at radius 3 is 1.46 bits per heavy atom. The molecule has 0 saturated carbocycles. The van der Waals surface area contributed by atoms with Crippen LogP contribution in [0.3, 0.4) is 0 Å². The molecule has 4 nitrogen and oxygen atoms in total. The molecule has 0 spiro atoms. The summed E-state index contributed by atoms with van der Waals surface area (Å²) in [6.07, 6.45) is 6.22. The number of rotatable bonds is 7. The van der Waals surface area contributed by atoms with E-state index >= 15 is 0 Å². The topological polar surface area (TPSA) is 47.9 Å². The lowest BCUT2D eigenvalue weighted by Crippen LogP contribution is -2.04. The van der Waals surface area contributed by atoms with Gasteiger partial charge in [-0.15, -0.1) is 0 Å². The molecule has 1 aromatic heterocycles. The Balaban J connectivity index is 1.25. The van der Waals surface area contributed by atoms with E-state index in [1.807, 2.05) is 72.8 Å². The van der Waals surface area contributed by atoms with Crippen molar-refractivity contribution in [2.75, 3.05) is 6.61 Å². The number of benzene rings is 7. The number of nitrogens with zero attached hydrogens (tertiary/aromatic N) is 3. The molecule has 266 valence electrons. The molecule has 0 fully saturated rings. The number of aromatic nitrogens is 3. The van der Waals surface area contributed by atoms with Gasteiger partial charge in [-0.3, -0.25) is 0 Å². The fraction of sp³-hybridized carbons (Fsp3) is 0.0192. The van der Waals surface area contributed by atoms with Crippen molar-refractivity contribution >= 4 is 11.1 Å². The molecule has 0 N–H and O–H groups in total. The summed E-state index contributed by atoms with van der Waals surface area (Å²) in [5.41, 5.74) is 13.0. The molecule has 0 aliphatic carbocycles. The van der Waals surface area contributed by atoms with E-state index in [0.717, 1.165) is 78.1 Å². The van der Waals surface area contributed by atoms with Crippen molar-refractivity contribution in [3.63, 3.8) is 0 Å². The van der Waals surface area contributed by atoms with Crippen molar-refractivity contribution in [3.05, 3.63) is 218 Å². The average molecular weight is 720 g/mol.